The van der Waals surface area contributed by atoms with E-state index in [2.05, 4.69) is 44.1 Å². The molecule has 0 rings (SSSR count). The van der Waals surface area contributed by atoms with Gasteiger partial charge < -0.3 is 4.74 Å². The first-order valence-electron chi connectivity index (χ1n) is 6.69. The van der Waals surface area contributed by atoms with Gasteiger partial charge in [0.15, 0.2) is 0 Å². The van der Waals surface area contributed by atoms with Crippen molar-refractivity contribution in [3.63, 3.8) is 0 Å². The maximum absolute atomic E-state index is 5.10. The molecule has 0 radical (unpaired) electrons. The van der Waals surface area contributed by atoms with Gasteiger partial charge in [-0.25, -0.2) is 0 Å². The largest absolute Gasteiger partial charge is 0.385 e. The highest BCUT2D eigenvalue weighted by Crippen LogP contribution is 2.13. The Kier molecular flexibility index (Phi) is 9.21. The van der Waals surface area contributed by atoms with Gasteiger partial charge in [-0.3, -0.25) is 0 Å². The van der Waals surface area contributed by atoms with Crippen LogP contribution in [0.2, 0.25) is 19.6 Å². The van der Waals surface area contributed by atoms with E-state index in [-0.39, 0.29) is 0 Å². The summed E-state index contributed by atoms with van der Waals surface area (Å²) in [6, 6.07) is 0. The molecule has 0 N–H and O–H groups in total. The van der Waals surface area contributed by atoms with Gasteiger partial charge in [-0.1, -0.05) is 44.5 Å². The molecular formula is C15H28OSi. The molecule has 1 nitrogen and oxygen atoms in total. The van der Waals surface area contributed by atoms with E-state index >= 15 is 0 Å². The Morgan fingerprint density at radius 2 is 1.82 bits per heavy atom. The second-order valence-corrected chi connectivity index (χ2v) is 10.3. The van der Waals surface area contributed by atoms with E-state index in [9.17, 15) is 0 Å². The number of ether oxygens (including phenoxy) is 1. The van der Waals surface area contributed by atoms with Gasteiger partial charge in [0.1, 0.15) is 8.07 Å². The maximum Gasteiger partial charge on any atom is 0.129 e. The minimum Gasteiger partial charge on any atom is -0.385 e. The molecule has 0 aromatic heterocycles. The molecule has 0 aromatic carbocycles. The third-order valence-corrected chi connectivity index (χ3v) is 3.32. The quantitative estimate of drug-likeness (QED) is 0.370. The molecule has 0 heterocycles. The van der Waals surface area contributed by atoms with Crippen molar-refractivity contribution in [3.05, 3.63) is 11.6 Å². The van der Waals surface area contributed by atoms with Crippen LogP contribution in [0.4, 0.5) is 0 Å². The van der Waals surface area contributed by atoms with Crippen molar-refractivity contribution in [1.29, 1.82) is 0 Å². The number of unbranched alkanes of at least 4 members (excludes halogenated alkanes) is 1. The summed E-state index contributed by atoms with van der Waals surface area (Å²) in [6.07, 6.45) is 8.12. The van der Waals surface area contributed by atoms with Crippen LogP contribution in [0.3, 0.4) is 0 Å². The average molecular weight is 252 g/mol. The fourth-order valence-electron chi connectivity index (χ4n) is 1.47. The van der Waals surface area contributed by atoms with Crippen molar-refractivity contribution in [1.82, 2.24) is 0 Å². The van der Waals surface area contributed by atoms with Crippen molar-refractivity contribution in [2.45, 2.75) is 58.7 Å². The Balaban J connectivity index is 4.32. The molecule has 0 atom stereocenters. The first-order valence-corrected chi connectivity index (χ1v) is 10.2. The first kappa shape index (κ1) is 16.5. The molecule has 2 heteroatoms. The molecule has 0 saturated heterocycles. The third-order valence-electron chi connectivity index (χ3n) is 2.42. The van der Waals surface area contributed by atoms with Gasteiger partial charge >= 0.3 is 0 Å². The summed E-state index contributed by atoms with van der Waals surface area (Å²) in [5.74, 6) is 3.27. The van der Waals surface area contributed by atoms with Crippen LogP contribution in [0.15, 0.2) is 11.6 Å². The summed E-state index contributed by atoms with van der Waals surface area (Å²) in [7, 11) is 0.540. The zero-order valence-electron chi connectivity index (χ0n) is 12.2. The zero-order valence-corrected chi connectivity index (χ0v) is 13.2. The van der Waals surface area contributed by atoms with Gasteiger partial charge in [-0.15, -0.1) is 5.54 Å². The number of allylic oxidation sites excluding steroid dienone is 2. The molecule has 98 valence electrons. The van der Waals surface area contributed by atoms with E-state index < -0.39 is 8.07 Å². The van der Waals surface area contributed by atoms with Gasteiger partial charge in [0.25, 0.3) is 0 Å². The Hall–Kier alpha value is -0.523. The Bertz CT molecular complexity index is 276. The number of rotatable bonds is 7. The highest BCUT2D eigenvalue weighted by molar-refractivity contribution is 6.83. The summed E-state index contributed by atoms with van der Waals surface area (Å²) >= 11 is 0. The Morgan fingerprint density at radius 1 is 1.18 bits per heavy atom. The van der Waals surface area contributed by atoms with E-state index in [1.54, 1.807) is 7.11 Å². The summed E-state index contributed by atoms with van der Waals surface area (Å²) in [5, 5.41) is 0. The Labute approximate surface area is 109 Å². The molecule has 0 aliphatic rings. The zero-order chi connectivity index (χ0) is 13.1. The molecule has 0 spiro atoms. The number of hydrogen-bond donors (Lipinski definition) is 0. The summed E-state index contributed by atoms with van der Waals surface area (Å²) in [6.45, 7) is 9.94. The predicted octanol–water partition coefficient (Wildman–Crippen LogP) is 4.41. The van der Waals surface area contributed by atoms with Crippen LogP contribution in [0.1, 0.15) is 39.0 Å². The fraction of sp³-hybridized carbons (Fsp3) is 0.733. The van der Waals surface area contributed by atoms with Gasteiger partial charge in [0.05, 0.1) is 0 Å². The van der Waals surface area contributed by atoms with Crippen molar-refractivity contribution in [2.24, 2.45) is 0 Å². The monoisotopic (exact) mass is 252 g/mol. The molecule has 0 saturated carbocycles. The van der Waals surface area contributed by atoms with E-state index in [0.717, 1.165) is 19.4 Å². The SMILES string of the molecule is CCCC/C(=C\C#C[Si](C)(C)C)CCCOC. The van der Waals surface area contributed by atoms with E-state index in [0.29, 0.717) is 0 Å². The van der Waals surface area contributed by atoms with Crippen molar-refractivity contribution >= 4 is 8.07 Å². The molecule has 17 heavy (non-hydrogen) atoms. The Morgan fingerprint density at radius 3 is 2.35 bits per heavy atom. The van der Waals surface area contributed by atoms with Crippen LogP contribution < -0.4 is 0 Å². The van der Waals surface area contributed by atoms with Crippen LogP contribution in [-0.2, 0) is 4.74 Å². The lowest BCUT2D eigenvalue weighted by Crippen LogP contribution is -2.16. The van der Waals surface area contributed by atoms with Crippen molar-refractivity contribution in [3.8, 4) is 11.5 Å². The first-order chi connectivity index (χ1) is 7.99. The lowest BCUT2D eigenvalue weighted by atomic mass is 10.0. The van der Waals surface area contributed by atoms with Crippen molar-refractivity contribution < 1.29 is 4.74 Å². The minimum absolute atomic E-state index is 0.852. The lowest BCUT2D eigenvalue weighted by molar-refractivity contribution is 0.195. The second-order valence-electron chi connectivity index (χ2n) is 5.52. The molecule has 0 amide bonds. The van der Waals surface area contributed by atoms with Crippen LogP contribution in [-0.4, -0.2) is 21.8 Å². The van der Waals surface area contributed by atoms with E-state index in [1.165, 1.54) is 24.8 Å². The topological polar surface area (TPSA) is 9.23 Å². The molecule has 0 aliphatic carbocycles. The normalized spacial score (nSPS) is 12.2. The fourth-order valence-corrected chi connectivity index (χ4v) is 1.98. The number of hydrogen-bond acceptors (Lipinski definition) is 1. The molecule has 0 fully saturated rings. The molecule has 0 aromatic rings. The van der Waals surface area contributed by atoms with Gasteiger partial charge in [0, 0.05) is 13.7 Å². The van der Waals surface area contributed by atoms with Crippen LogP contribution in [0.25, 0.3) is 0 Å². The lowest BCUT2D eigenvalue weighted by Gasteiger charge is -2.06. The summed E-state index contributed by atoms with van der Waals surface area (Å²) in [5.41, 5.74) is 4.90. The standard InChI is InChI=1S/C15H28OSi/c1-6-7-10-15(11-8-13-16-2)12-9-14-17(3,4)5/h12H,6-8,10-11,13H2,1-5H3/b15-12+. The predicted molar refractivity (Wildman–Crippen MR) is 79.8 cm³/mol. The minimum atomic E-state index is -1.22. The van der Waals surface area contributed by atoms with Crippen LogP contribution in [0.5, 0.6) is 0 Å². The molecule has 0 bridgehead atoms. The molecule has 0 unspecified atom stereocenters. The highest BCUT2D eigenvalue weighted by atomic mass is 28.3. The van der Waals surface area contributed by atoms with Gasteiger partial charge in [0.2, 0.25) is 0 Å². The van der Waals surface area contributed by atoms with Gasteiger partial charge in [-0.2, -0.15) is 0 Å². The molecule has 0 aliphatic heterocycles. The molecular weight excluding hydrogens is 224 g/mol. The summed E-state index contributed by atoms with van der Waals surface area (Å²) in [4.78, 5) is 0. The van der Waals surface area contributed by atoms with Crippen LogP contribution in [0, 0.1) is 11.5 Å². The van der Waals surface area contributed by atoms with Crippen LogP contribution >= 0.6 is 0 Å². The summed E-state index contributed by atoms with van der Waals surface area (Å²) < 4.78 is 5.10. The highest BCUT2D eigenvalue weighted by Gasteiger charge is 2.06. The number of methoxy groups -OCH3 is 1. The smallest absolute Gasteiger partial charge is 0.129 e. The van der Waals surface area contributed by atoms with E-state index in [1.807, 2.05) is 0 Å². The second kappa shape index (κ2) is 9.50. The van der Waals surface area contributed by atoms with Gasteiger partial charge in [-0.05, 0) is 31.8 Å². The average Bonchev–Trinajstić information content (AvgIpc) is 2.23. The van der Waals surface area contributed by atoms with E-state index in [4.69, 9.17) is 4.74 Å². The third kappa shape index (κ3) is 11.7. The maximum atomic E-state index is 5.10. The van der Waals surface area contributed by atoms with Crippen molar-refractivity contribution in [2.75, 3.05) is 13.7 Å².